The van der Waals surface area contributed by atoms with Crippen LogP contribution in [-0.2, 0) is 5.41 Å². The third-order valence-corrected chi connectivity index (χ3v) is 11.5. The molecule has 36 heavy (non-hydrogen) atoms. The zero-order valence-corrected chi connectivity index (χ0v) is 23.0. The van der Waals surface area contributed by atoms with Gasteiger partial charge in [-0.05, 0) is 64.7 Å². The highest BCUT2D eigenvalue weighted by Crippen LogP contribution is 2.40. The summed E-state index contributed by atoms with van der Waals surface area (Å²) in [6.45, 7) is 6.95. The average Bonchev–Trinajstić information content (AvgIpc) is 2.92. The van der Waals surface area contributed by atoms with E-state index in [1.807, 2.05) is 0 Å². The second kappa shape index (κ2) is 10.9. The summed E-state index contributed by atoms with van der Waals surface area (Å²) in [6, 6.07) is 51.6. The van der Waals surface area contributed by atoms with Crippen LogP contribution >= 0.6 is 15.8 Å². The summed E-state index contributed by atoms with van der Waals surface area (Å²) < 4.78 is 0. The highest BCUT2D eigenvalue weighted by Gasteiger charge is 2.27. The van der Waals surface area contributed by atoms with Gasteiger partial charge in [0.15, 0.2) is 0 Å². The van der Waals surface area contributed by atoms with Crippen LogP contribution in [0.4, 0.5) is 0 Å². The zero-order chi connectivity index (χ0) is 25.0. The topological polar surface area (TPSA) is 0 Å². The van der Waals surface area contributed by atoms with Crippen LogP contribution in [0.2, 0.25) is 0 Å². The van der Waals surface area contributed by atoms with E-state index in [0.717, 1.165) is 0 Å². The monoisotopic (exact) mass is 502 g/mol. The Labute approximate surface area is 218 Å². The Kier molecular flexibility index (Phi) is 7.48. The van der Waals surface area contributed by atoms with Gasteiger partial charge in [0, 0.05) is 0 Å². The van der Waals surface area contributed by atoms with Gasteiger partial charge in [0.05, 0.1) is 0 Å². The first-order valence-corrected chi connectivity index (χ1v) is 15.2. The van der Waals surface area contributed by atoms with Crippen molar-refractivity contribution in [3.05, 3.63) is 145 Å². The van der Waals surface area contributed by atoms with E-state index < -0.39 is 15.8 Å². The molecule has 2 heteroatoms. The Balaban J connectivity index is 1.82. The molecule has 0 aliphatic rings. The Bertz CT molecular complexity index is 1310. The molecule has 0 bridgehead atoms. The second-order valence-electron chi connectivity index (χ2n) is 9.97. The lowest BCUT2D eigenvalue weighted by Gasteiger charge is -2.30. The number of hydrogen-bond acceptors (Lipinski definition) is 0. The normalized spacial score (nSPS) is 11.7. The maximum Gasteiger partial charge on any atom is -0.00646 e. The molecule has 0 nitrogen and oxygen atoms in total. The molecular formula is C34H32P2. The minimum Gasteiger partial charge on any atom is -0.0622 e. The van der Waals surface area contributed by atoms with E-state index in [9.17, 15) is 0 Å². The molecule has 5 rings (SSSR count). The van der Waals surface area contributed by atoms with Crippen LogP contribution in [0.25, 0.3) is 0 Å². The molecule has 0 atom stereocenters. The first-order valence-electron chi connectivity index (χ1n) is 12.5. The van der Waals surface area contributed by atoms with Crippen LogP contribution < -0.4 is 31.8 Å². The van der Waals surface area contributed by atoms with E-state index in [4.69, 9.17) is 0 Å². The quantitative estimate of drug-likeness (QED) is 0.233. The Morgan fingerprint density at radius 1 is 0.389 bits per heavy atom. The largest absolute Gasteiger partial charge is 0.0622 e. The average molecular weight is 503 g/mol. The summed E-state index contributed by atoms with van der Waals surface area (Å²) >= 11 is 0. The van der Waals surface area contributed by atoms with Crippen LogP contribution in [0.1, 0.15) is 26.3 Å². The Morgan fingerprint density at radius 3 is 1.06 bits per heavy atom. The summed E-state index contributed by atoms with van der Waals surface area (Å²) in [5.41, 5.74) is 1.46. The molecule has 0 saturated heterocycles. The Morgan fingerprint density at radius 2 is 0.722 bits per heavy atom. The summed E-state index contributed by atoms with van der Waals surface area (Å²) in [5.74, 6) is 0. The van der Waals surface area contributed by atoms with Gasteiger partial charge in [-0.3, -0.25) is 0 Å². The van der Waals surface area contributed by atoms with Crippen molar-refractivity contribution in [2.75, 3.05) is 0 Å². The van der Waals surface area contributed by atoms with Gasteiger partial charge < -0.3 is 0 Å². The Hall–Kier alpha value is -3.04. The van der Waals surface area contributed by atoms with Crippen molar-refractivity contribution in [3.8, 4) is 0 Å². The van der Waals surface area contributed by atoms with E-state index in [2.05, 4.69) is 160 Å². The standard InChI is InChI=1S/C34H32P2/c1-34(2,3)27-24-25-32(35(28-16-8-4-9-17-28)29-18-10-5-11-19-29)33(26-27)36(30-20-12-6-13-21-30)31-22-14-7-15-23-31/h4-26H,1-3H3. The molecule has 0 saturated carbocycles. The maximum atomic E-state index is 2.52. The molecule has 0 amide bonds. The van der Waals surface area contributed by atoms with Crippen molar-refractivity contribution in [2.45, 2.75) is 26.2 Å². The molecule has 0 spiro atoms. The van der Waals surface area contributed by atoms with Gasteiger partial charge in [-0.1, -0.05) is 154 Å². The van der Waals surface area contributed by atoms with Crippen LogP contribution in [0, 0.1) is 0 Å². The van der Waals surface area contributed by atoms with Crippen LogP contribution in [0.3, 0.4) is 0 Å². The van der Waals surface area contributed by atoms with Crippen molar-refractivity contribution in [3.63, 3.8) is 0 Å². The fourth-order valence-corrected chi connectivity index (χ4v) is 9.80. The molecule has 0 aromatic heterocycles. The fraction of sp³-hybridized carbons (Fsp3) is 0.118. The molecule has 0 aliphatic carbocycles. The van der Waals surface area contributed by atoms with Crippen molar-refractivity contribution >= 4 is 47.7 Å². The highest BCUT2D eigenvalue weighted by molar-refractivity contribution is 7.85. The molecule has 0 heterocycles. The number of hydrogen-bond donors (Lipinski definition) is 0. The van der Waals surface area contributed by atoms with Gasteiger partial charge in [-0.25, -0.2) is 0 Å². The van der Waals surface area contributed by atoms with Gasteiger partial charge >= 0.3 is 0 Å². The van der Waals surface area contributed by atoms with Gasteiger partial charge in [-0.15, -0.1) is 0 Å². The third kappa shape index (κ3) is 5.37. The maximum absolute atomic E-state index is 2.52. The van der Waals surface area contributed by atoms with E-state index in [1.54, 1.807) is 0 Å². The van der Waals surface area contributed by atoms with Gasteiger partial charge in [-0.2, -0.15) is 0 Å². The molecule has 0 N–H and O–H groups in total. The summed E-state index contributed by atoms with van der Waals surface area (Å²) in [6.07, 6.45) is 0. The van der Waals surface area contributed by atoms with Crippen molar-refractivity contribution in [2.24, 2.45) is 0 Å². The lowest BCUT2D eigenvalue weighted by atomic mass is 9.87. The van der Waals surface area contributed by atoms with E-state index >= 15 is 0 Å². The lowest BCUT2D eigenvalue weighted by molar-refractivity contribution is 0.591. The lowest BCUT2D eigenvalue weighted by Crippen LogP contribution is -2.35. The number of rotatable bonds is 6. The molecular weight excluding hydrogens is 470 g/mol. The van der Waals surface area contributed by atoms with Crippen molar-refractivity contribution < 1.29 is 0 Å². The molecule has 0 aliphatic heterocycles. The molecule has 0 fully saturated rings. The zero-order valence-electron chi connectivity index (χ0n) is 21.2. The molecule has 5 aromatic rings. The summed E-state index contributed by atoms with van der Waals surface area (Å²) in [7, 11) is -1.44. The predicted molar refractivity (Wildman–Crippen MR) is 163 cm³/mol. The smallest absolute Gasteiger partial charge is 0.00646 e. The first kappa shape index (κ1) is 24.6. The predicted octanol–water partition coefficient (Wildman–Crippen LogP) is 6.50. The first-order chi connectivity index (χ1) is 17.5. The highest BCUT2D eigenvalue weighted by atomic mass is 31.1. The molecule has 0 unspecified atom stereocenters. The molecule has 178 valence electrons. The summed E-state index contributed by atoms with van der Waals surface area (Å²) in [4.78, 5) is 0. The van der Waals surface area contributed by atoms with Gasteiger partial charge in [0.2, 0.25) is 0 Å². The van der Waals surface area contributed by atoms with E-state index in [0.29, 0.717) is 0 Å². The summed E-state index contributed by atoms with van der Waals surface area (Å²) in [5, 5.41) is 8.48. The van der Waals surface area contributed by atoms with Crippen LogP contribution in [-0.4, -0.2) is 0 Å². The third-order valence-electron chi connectivity index (χ3n) is 6.38. The van der Waals surface area contributed by atoms with Crippen LogP contribution in [0.15, 0.2) is 140 Å². The van der Waals surface area contributed by atoms with Gasteiger partial charge in [0.25, 0.3) is 0 Å². The minimum absolute atomic E-state index is 0.0733. The fourth-order valence-electron chi connectivity index (χ4n) is 4.52. The minimum atomic E-state index is -0.727. The van der Waals surface area contributed by atoms with Gasteiger partial charge in [0.1, 0.15) is 0 Å². The van der Waals surface area contributed by atoms with E-state index in [1.165, 1.54) is 37.4 Å². The molecule has 0 radical (unpaired) electrons. The second-order valence-corrected chi connectivity index (χ2v) is 14.3. The van der Waals surface area contributed by atoms with Crippen LogP contribution in [0.5, 0.6) is 0 Å². The van der Waals surface area contributed by atoms with Crippen molar-refractivity contribution in [1.29, 1.82) is 0 Å². The van der Waals surface area contributed by atoms with E-state index in [-0.39, 0.29) is 5.41 Å². The molecule has 5 aromatic carbocycles. The number of benzene rings is 5. The van der Waals surface area contributed by atoms with Crippen molar-refractivity contribution in [1.82, 2.24) is 0 Å². The SMILES string of the molecule is CC(C)(C)c1ccc(P(c2ccccc2)c2ccccc2)c(P(c2ccccc2)c2ccccc2)c1.